The maximum atomic E-state index is 12.6. The van der Waals surface area contributed by atoms with Crippen LogP contribution in [0, 0.1) is 0 Å². The molecule has 0 heterocycles. The molecule has 0 aliphatic carbocycles. The fourth-order valence-corrected chi connectivity index (χ4v) is 0.992. The average molecular weight is 203 g/mol. The molecule has 0 N–H and O–H groups in total. The van der Waals surface area contributed by atoms with Crippen LogP contribution in [0.25, 0.3) is 0 Å². The van der Waals surface area contributed by atoms with E-state index in [0.717, 1.165) is 10.0 Å². The Morgan fingerprint density at radius 1 is 1.30 bits per heavy atom. The van der Waals surface area contributed by atoms with E-state index in [1.54, 1.807) is 12.1 Å². The van der Waals surface area contributed by atoms with Gasteiger partial charge >= 0.3 is 0 Å². The maximum absolute atomic E-state index is 12.6. The molecule has 0 bridgehead atoms. The summed E-state index contributed by atoms with van der Waals surface area (Å²) in [5.74, 6) is 0. The van der Waals surface area contributed by atoms with Crippen molar-refractivity contribution in [1.82, 2.24) is 0 Å². The minimum atomic E-state index is -0.867. The summed E-state index contributed by atoms with van der Waals surface area (Å²) >= 11 is 3.27. The van der Waals surface area contributed by atoms with Gasteiger partial charge in [0.25, 0.3) is 0 Å². The fraction of sp³-hybridized carbons (Fsp3) is 0.250. The average Bonchev–Trinajstić information content (AvgIpc) is 1.88. The summed E-state index contributed by atoms with van der Waals surface area (Å²) < 4.78 is 13.5. The Bertz CT molecular complexity index is 203. The molecule has 0 aromatic heterocycles. The maximum Gasteiger partial charge on any atom is 0.122 e. The molecule has 0 fully saturated rings. The van der Waals surface area contributed by atoms with Crippen molar-refractivity contribution in [2.24, 2.45) is 0 Å². The second kappa shape index (κ2) is 3.15. The molecule has 0 amide bonds. The summed E-state index contributed by atoms with van der Waals surface area (Å²) in [6, 6.07) is 7.22. The van der Waals surface area contributed by atoms with Crippen LogP contribution in [0.5, 0.6) is 0 Å². The van der Waals surface area contributed by atoms with Gasteiger partial charge in [-0.05, 0) is 24.6 Å². The van der Waals surface area contributed by atoms with E-state index in [2.05, 4.69) is 15.9 Å². The van der Waals surface area contributed by atoms with Crippen LogP contribution >= 0.6 is 15.9 Å². The van der Waals surface area contributed by atoms with Crippen molar-refractivity contribution in [3.63, 3.8) is 0 Å². The van der Waals surface area contributed by atoms with Gasteiger partial charge in [0.1, 0.15) is 6.17 Å². The van der Waals surface area contributed by atoms with E-state index in [9.17, 15) is 4.39 Å². The summed E-state index contributed by atoms with van der Waals surface area (Å²) in [5, 5.41) is 0. The van der Waals surface area contributed by atoms with Crippen LogP contribution in [0.3, 0.4) is 0 Å². The summed E-state index contributed by atoms with van der Waals surface area (Å²) in [6.07, 6.45) is -0.867. The standard InChI is InChI=1S/C8H8BrF/c1-6(10)7-2-4-8(9)5-3-7/h2-6H,1H3/t6-/m0/s1. The van der Waals surface area contributed by atoms with E-state index < -0.39 is 6.17 Å². The first-order chi connectivity index (χ1) is 4.70. The zero-order valence-electron chi connectivity index (χ0n) is 5.64. The molecule has 0 aliphatic heterocycles. The molecule has 0 radical (unpaired) electrons. The molecule has 0 saturated heterocycles. The number of halogens is 2. The van der Waals surface area contributed by atoms with E-state index in [1.807, 2.05) is 12.1 Å². The van der Waals surface area contributed by atoms with Crippen molar-refractivity contribution in [1.29, 1.82) is 0 Å². The van der Waals surface area contributed by atoms with Crippen LogP contribution < -0.4 is 0 Å². The Balaban J connectivity index is 2.89. The molecule has 0 aliphatic rings. The smallest absolute Gasteiger partial charge is 0.122 e. The Hall–Kier alpha value is -0.370. The molecule has 0 spiro atoms. The van der Waals surface area contributed by atoms with Crippen molar-refractivity contribution in [3.8, 4) is 0 Å². The van der Waals surface area contributed by atoms with Gasteiger partial charge in [0.05, 0.1) is 0 Å². The van der Waals surface area contributed by atoms with Crippen molar-refractivity contribution in [2.45, 2.75) is 13.1 Å². The van der Waals surface area contributed by atoms with Gasteiger partial charge in [0.2, 0.25) is 0 Å². The van der Waals surface area contributed by atoms with E-state index in [-0.39, 0.29) is 0 Å². The van der Waals surface area contributed by atoms with Crippen LogP contribution in [0.1, 0.15) is 18.7 Å². The monoisotopic (exact) mass is 202 g/mol. The lowest BCUT2D eigenvalue weighted by atomic mass is 10.1. The lowest BCUT2D eigenvalue weighted by Gasteiger charge is -1.99. The molecule has 2 heteroatoms. The first kappa shape index (κ1) is 7.73. The van der Waals surface area contributed by atoms with Gasteiger partial charge < -0.3 is 0 Å². The van der Waals surface area contributed by atoms with E-state index in [1.165, 1.54) is 6.92 Å². The van der Waals surface area contributed by atoms with Crippen molar-refractivity contribution < 1.29 is 4.39 Å². The van der Waals surface area contributed by atoms with Crippen molar-refractivity contribution in [3.05, 3.63) is 34.3 Å². The van der Waals surface area contributed by atoms with Gasteiger partial charge in [0, 0.05) is 4.47 Å². The van der Waals surface area contributed by atoms with Crippen LogP contribution in [-0.2, 0) is 0 Å². The molecule has 1 rings (SSSR count). The molecular weight excluding hydrogens is 195 g/mol. The highest BCUT2D eigenvalue weighted by atomic mass is 79.9. The van der Waals surface area contributed by atoms with Gasteiger partial charge in [0.15, 0.2) is 0 Å². The highest BCUT2D eigenvalue weighted by Crippen LogP contribution is 2.18. The van der Waals surface area contributed by atoms with Gasteiger partial charge in [-0.1, -0.05) is 28.1 Å². The second-order valence-electron chi connectivity index (χ2n) is 2.17. The summed E-state index contributed by atoms with van der Waals surface area (Å²) in [6.45, 7) is 1.53. The molecule has 1 atom stereocenters. The molecule has 10 heavy (non-hydrogen) atoms. The van der Waals surface area contributed by atoms with Crippen LogP contribution in [-0.4, -0.2) is 0 Å². The first-order valence-electron chi connectivity index (χ1n) is 3.09. The molecule has 1 aromatic carbocycles. The zero-order chi connectivity index (χ0) is 7.56. The number of rotatable bonds is 1. The zero-order valence-corrected chi connectivity index (χ0v) is 7.23. The number of hydrogen-bond acceptors (Lipinski definition) is 0. The normalized spacial score (nSPS) is 13.1. The molecular formula is C8H8BrF. The Kier molecular flexibility index (Phi) is 2.44. The Labute approximate surface area is 68.2 Å². The van der Waals surface area contributed by atoms with Gasteiger partial charge in [-0.15, -0.1) is 0 Å². The SMILES string of the molecule is C[C@H](F)c1ccc(Br)cc1. The predicted molar refractivity (Wildman–Crippen MR) is 43.7 cm³/mol. The Morgan fingerprint density at radius 3 is 2.20 bits per heavy atom. The fourth-order valence-electron chi connectivity index (χ4n) is 0.728. The number of benzene rings is 1. The molecule has 1 aromatic rings. The van der Waals surface area contributed by atoms with E-state index in [0.29, 0.717) is 0 Å². The number of alkyl halides is 1. The minimum absolute atomic E-state index is 0.725. The lowest BCUT2D eigenvalue weighted by Crippen LogP contribution is -1.82. The predicted octanol–water partition coefficient (Wildman–Crippen LogP) is 3.48. The summed E-state index contributed by atoms with van der Waals surface area (Å²) in [4.78, 5) is 0. The third kappa shape index (κ3) is 1.81. The molecule has 0 saturated carbocycles. The highest BCUT2D eigenvalue weighted by Gasteiger charge is 1.99. The minimum Gasteiger partial charge on any atom is -0.243 e. The summed E-state index contributed by atoms with van der Waals surface area (Å²) in [7, 11) is 0. The van der Waals surface area contributed by atoms with Gasteiger partial charge in [-0.2, -0.15) is 0 Å². The Morgan fingerprint density at radius 2 is 1.80 bits per heavy atom. The lowest BCUT2D eigenvalue weighted by molar-refractivity contribution is 0.374. The first-order valence-corrected chi connectivity index (χ1v) is 3.89. The second-order valence-corrected chi connectivity index (χ2v) is 3.08. The van der Waals surface area contributed by atoms with Crippen LogP contribution in [0.15, 0.2) is 28.7 Å². The largest absolute Gasteiger partial charge is 0.243 e. The van der Waals surface area contributed by atoms with E-state index in [4.69, 9.17) is 0 Å². The van der Waals surface area contributed by atoms with Gasteiger partial charge in [-0.25, -0.2) is 4.39 Å². The summed E-state index contributed by atoms with van der Waals surface area (Å²) in [5.41, 5.74) is 0.725. The van der Waals surface area contributed by atoms with E-state index >= 15 is 0 Å². The van der Waals surface area contributed by atoms with Crippen molar-refractivity contribution >= 4 is 15.9 Å². The molecule has 0 unspecified atom stereocenters. The van der Waals surface area contributed by atoms with Gasteiger partial charge in [-0.3, -0.25) is 0 Å². The quantitative estimate of drug-likeness (QED) is 0.655. The number of hydrogen-bond donors (Lipinski definition) is 0. The highest BCUT2D eigenvalue weighted by molar-refractivity contribution is 9.10. The molecule has 0 nitrogen and oxygen atoms in total. The van der Waals surface area contributed by atoms with Crippen LogP contribution in [0.2, 0.25) is 0 Å². The third-order valence-electron chi connectivity index (χ3n) is 1.33. The van der Waals surface area contributed by atoms with Crippen molar-refractivity contribution in [2.75, 3.05) is 0 Å². The topological polar surface area (TPSA) is 0 Å². The third-order valence-corrected chi connectivity index (χ3v) is 1.86. The molecule has 54 valence electrons. The van der Waals surface area contributed by atoms with Crippen LogP contribution in [0.4, 0.5) is 4.39 Å².